The molecule has 11 aromatic rings. The summed E-state index contributed by atoms with van der Waals surface area (Å²) in [4.78, 5) is 15.4. The predicted octanol–water partition coefficient (Wildman–Crippen LogP) is 14.1. The van der Waals surface area contributed by atoms with Crippen LogP contribution < -0.4 is 0 Å². The molecule has 0 aliphatic heterocycles. The highest BCUT2D eigenvalue weighted by atomic mass is 32.1. The number of nitrogens with zero attached hydrogens (tertiary/aromatic N) is 3. The van der Waals surface area contributed by atoms with Crippen molar-refractivity contribution in [2.24, 2.45) is 0 Å². The number of fused-ring (bicyclic) bond motifs is 6. The number of hydrogen-bond donors (Lipinski definition) is 0. The molecule has 0 unspecified atom stereocenters. The summed E-state index contributed by atoms with van der Waals surface area (Å²) in [7, 11) is 0. The fraction of sp³-hybridized carbons (Fsp3) is 0. The first-order chi connectivity index (χ1) is 27.7. The van der Waals surface area contributed by atoms with Crippen LogP contribution in [0.2, 0.25) is 0 Å². The van der Waals surface area contributed by atoms with Crippen LogP contribution in [0.3, 0.4) is 0 Å². The Bertz CT molecular complexity index is 3220. The molecule has 0 spiro atoms. The van der Waals surface area contributed by atoms with Crippen molar-refractivity contribution in [1.82, 2.24) is 15.0 Å². The van der Waals surface area contributed by atoms with Gasteiger partial charge in [-0.3, -0.25) is 0 Å². The molecule has 0 fully saturated rings. The lowest BCUT2D eigenvalue weighted by molar-refractivity contribution is 0.669. The minimum absolute atomic E-state index is 0.568. The van der Waals surface area contributed by atoms with Crippen molar-refractivity contribution >= 4 is 53.4 Å². The molecule has 3 heterocycles. The van der Waals surface area contributed by atoms with Crippen molar-refractivity contribution in [2.75, 3.05) is 0 Å². The molecule has 0 bridgehead atoms. The van der Waals surface area contributed by atoms with Crippen LogP contribution in [0, 0.1) is 0 Å². The standard InChI is InChI=1S/C51H31N3OS/c1-3-11-32(12-4-1)33-21-23-34(24-22-33)35-25-27-37(28-26-35)49-52-50(54-51(53-49)43-18-9-17-41-40-15-7-8-19-44(40)55-48(41)43)38-29-30-42-46(31-38)56-45-20-10-16-39(47(42)45)36-13-5-2-6-14-36/h1-31H. The Kier molecular flexibility index (Phi) is 7.64. The van der Waals surface area contributed by atoms with Gasteiger partial charge in [0.05, 0.1) is 5.56 Å². The van der Waals surface area contributed by atoms with Crippen molar-refractivity contribution in [3.63, 3.8) is 0 Å². The van der Waals surface area contributed by atoms with E-state index in [4.69, 9.17) is 19.4 Å². The van der Waals surface area contributed by atoms with Crippen molar-refractivity contribution in [3.05, 3.63) is 188 Å². The SMILES string of the molecule is c1ccc(-c2ccc(-c3ccc(-c4nc(-c5ccc6c(c5)sc5cccc(-c7ccccc7)c56)nc(-c5cccc6c5oc5ccccc56)n4)cc3)cc2)cc1. The Morgan fingerprint density at radius 2 is 0.875 bits per heavy atom. The van der Waals surface area contributed by atoms with Gasteiger partial charge in [0.1, 0.15) is 11.2 Å². The predicted molar refractivity (Wildman–Crippen MR) is 233 cm³/mol. The Hall–Kier alpha value is -7.21. The zero-order valence-electron chi connectivity index (χ0n) is 30.1. The molecule has 0 aliphatic carbocycles. The molecular formula is C51H31N3OS. The van der Waals surface area contributed by atoms with Gasteiger partial charge in [-0.25, -0.2) is 15.0 Å². The van der Waals surface area contributed by atoms with Crippen LogP contribution in [0.4, 0.5) is 0 Å². The molecule has 0 amide bonds. The van der Waals surface area contributed by atoms with Crippen LogP contribution in [-0.4, -0.2) is 15.0 Å². The van der Waals surface area contributed by atoms with Gasteiger partial charge in [-0.15, -0.1) is 11.3 Å². The van der Waals surface area contributed by atoms with E-state index in [1.807, 2.05) is 36.4 Å². The van der Waals surface area contributed by atoms with Crippen molar-refractivity contribution in [3.8, 4) is 67.5 Å². The summed E-state index contributed by atoms with van der Waals surface area (Å²) in [5, 5.41) is 4.59. The Morgan fingerprint density at radius 3 is 1.61 bits per heavy atom. The Balaban J connectivity index is 1.04. The van der Waals surface area contributed by atoms with Crippen LogP contribution in [0.25, 0.3) is 110 Å². The third kappa shape index (κ3) is 5.56. The van der Waals surface area contributed by atoms with Crippen LogP contribution >= 0.6 is 11.3 Å². The molecular weight excluding hydrogens is 703 g/mol. The fourth-order valence-corrected chi connectivity index (χ4v) is 8.97. The molecule has 3 aromatic heterocycles. The lowest BCUT2D eigenvalue weighted by atomic mass is 9.99. The molecule has 56 heavy (non-hydrogen) atoms. The van der Waals surface area contributed by atoms with Crippen LogP contribution in [0.5, 0.6) is 0 Å². The highest BCUT2D eigenvalue weighted by Gasteiger charge is 2.19. The molecule has 11 rings (SSSR count). The molecule has 0 radical (unpaired) electrons. The number of furan rings is 1. The second kappa shape index (κ2) is 13.3. The number of benzene rings is 8. The largest absolute Gasteiger partial charge is 0.455 e. The smallest absolute Gasteiger partial charge is 0.167 e. The van der Waals surface area contributed by atoms with E-state index in [0.29, 0.717) is 17.5 Å². The first-order valence-electron chi connectivity index (χ1n) is 18.7. The topological polar surface area (TPSA) is 51.8 Å². The minimum Gasteiger partial charge on any atom is -0.455 e. The van der Waals surface area contributed by atoms with E-state index < -0.39 is 0 Å². The second-order valence-corrected chi connectivity index (χ2v) is 15.0. The second-order valence-electron chi connectivity index (χ2n) is 14.0. The summed E-state index contributed by atoms with van der Waals surface area (Å²) >= 11 is 1.80. The third-order valence-corrected chi connectivity index (χ3v) is 11.7. The lowest BCUT2D eigenvalue weighted by Crippen LogP contribution is -2.00. The summed E-state index contributed by atoms with van der Waals surface area (Å²) in [5.74, 6) is 1.78. The average molecular weight is 734 g/mol. The first-order valence-corrected chi connectivity index (χ1v) is 19.5. The van der Waals surface area contributed by atoms with Gasteiger partial charge in [0.15, 0.2) is 17.5 Å². The molecule has 4 nitrogen and oxygen atoms in total. The maximum Gasteiger partial charge on any atom is 0.167 e. The molecule has 0 saturated carbocycles. The minimum atomic E-state index is 0.568. The maximum absolute atomic E-state index is 6.47. The number of rotatable bonds is 6. The highest BCUT2D eigenvalue weighted by molar-refractivity contribution is 7.26. The average Bonchev–Trinajstić information content (AvgIpc) is 3.85. The molecule has 0 aliphatic rings. The first kappa shape index (κ1) is 32.2. The number of aromatic nitrogens is 3. The molecule has 0 saturated heterocycles. The molecule has 5 heteroatoms. The van der Waals surface area contributed by atoms with Gasteiger partial charge in [-0.2, -0.15) is 0 Å². The van der Waals surface area contributed by atoms with Gasteiger partial charge in [0, 0.05) is 42.1 Å². The van der Waals surface area contributed by atoms with Crippen molar-refractivity contribution in [2.45, 2.75) is 0 Å². The molecule has 262 valence electrons. The van der Waals surface area contributed by atoms with Gasteiger partial charge >= 0.3 is 0 Å². The van der Waals surface area contributed by atoms with Crippen molar-refractivity contribution in [1.29, 1.82) is 0 Å². The number of hydrogen-bond acceptors (Lipinski definition) is 5. The van der Waals surface area contributed by atoms with E-state index in [1.165, 1.54) is 42.4 Å². The summed E-state index contributed by atoms with van der Waals surface area (Å²) in [6, 6.07) is 65.7. The van der Waals surface area contributed by atoms with Gasteiger partial charge in [0.2, 0.25) is 0 Å². The van der Waals surface area contributed by atoms with Gasteiger partial charge in [-0.1, -0.05) is 164 Å². The van der Waals surface area contributed by atoms with Crippen molar-refractivity contribution < 1.29 is 4.42 Å². The van der Waals surface area contributed by atoms with E-state index in [-0.39, 0.29) is 0 Å². The lowest BCUT2D eigenvalue weighted by Gasteiger charge is -2.10. The van der Waals surface area contributed by atoms with E-state index in [9.17, 15) is 0 Å². The van der Waals surface area contributed by atoms with E-state index in [2.05, 4.69) is 152 Å². The van der Waals surface area contributed by atoms with E-state index in [0.717, 1.165) is 49.8 Å². The Morgan fingerprint density at radius 1 is 0.339 bits per heavy atom. The zero-order valence-corrected chi connectivity index (χ0v) is 30.9. The summed E-state index contributed by atoms with van der Waals surface area (Å²) in [5.41, 5.74) is 11.4. The van der Waals surface area contributed by atoms with Gasteiger partial charge in [0.25, 0.3) is 0 Å². The van der Waals surface area contributed by atoms with E-state index in [1.54, 1.807) is 11.3 Å². The van der Waals surface area contributed by atoms with Gasteiger partial charge in [-0.05, 0) is 57.6 Å². The summed E-state index contributed by atoms with van der Waals surface area (Å²) < 4.78 is 8.91. The number of para-hydroxylation sites is 2. The zero-order chi connectivity index (χ0) is 37.0. The van der Waals surface area contributed by atoms with Crippen LogP contribution in [0.15, 0.2) is 192 Å². The maximum atomic E-state index is 6.47. The van der Waals surface area contributed by atoms with Crippen LogP contribution in [0.1, 0.15) is 0 Å². The van der Waals surface area contributed by atoms with Gasteiger partial charge < -0.3 is 4.42 Å². The van der Waals surface area contributed by atoms with Crippen LogP contribution in [-0.2, 0) is 0 Å². The fourth-order valence-electron chi connectivity index (χ4n) is 7.80. The molecule has 8 aromatic carbocycles. The monoisotopic (exact) mass is 733 g/mol. The van der Waals surface area contributed by atoms with E-state index >= 15 is 0 Å². The quantitative estimate of drug-likeness (QED) is 0.171. The molecule has 0 atom stereocenters. The highest BCUT2D eigenvalue weighted by Crippen LogP contribution is 2.42. The number of thiophene rings is 1. The third-order valence-electron chi connectivity index (χ3n) is 10.6. The Labute approximate surface area is 327 Å². The normalized spacial score (nSPS) is 11.6. The summed E-state index contributed by atoms with van der Waals surface area (Å²) in [6.45, 7) is 0. The molecule has 0 N–H and O–H groups in total. The summed E-state index contributed by atoms with van der Waals surface area (Å²) in [6.07, 6.45) is 0.